The predicted molar refractivity (Wildman–Crippen MR) is 118 cm³/mol. The van der Waals surface area contributed by atoms with E-state index < -0.39 is 14.6 Å². The molecule has 2 rings (SSSR count). The third-order valence-electron chi connectivity index (χ3n) is 4.36. The van der Waals surface area contributed by atoms with Gasteiger partial charge in [0.25, 0.3) is 0 Å². The van der Waals surface area contributed by atoms with Gasteiger partial charge in [-0.2, -0.15) is 0 Å². The zero-order valence-corrected chi connectivity index (χ0v) is 19.3. The molecule has 0 atom stereocenters. The first kappa shape index (κ1) is 22.9. The quantitative estimate of drug-likeness (QED) is 0.390. The molecule has 1 aliphatic heterocycles. The van der Waals surface area contributed by atoms with Crippen LogP contribution in [0.2, 0.25) is 0 Å². The SMILES string of the molecule is CCNC(=NCc1ccnc(N(C)C)c1)N1CCS(=O)(=O)C(C)(C)C1.I. The second-order valence-electron chi connectivity index (χ2n) is 7.09. The van der Waals surface area contributed by atoms with Crippen LogP contribution in [0.3, 0.4) is 0 Å². The molecule has 1 saturated heterocycles. The van der Waals surface area contributed by atoms with E-state index in [4.69, 9.17) is 4.99 Å². The van der Waals surface area contributed by atoms with Gasteiger partial charge in [0.05, 0.1) is 17.0 Å². The Bertz CT molecular complexity index is 734. The number of aliphatic imine (C=N–C) groups is 1. The second kappa shape index (κ2) is 9.20. The molecule has 0 saturated carbocycles. The molecule has 26 heavy (non-hydrogen) atoms. The summed E-state index contributed by atoms with van der Waals surface area (Å²) in [5.41, 5.74) is 1.07. The molecule has 1 aromatic rings. The molecule has 0 amide bonds. The third kappa shape index (κ3) is 5.45. The highest BCUT2D eigenvalue weighted by Crippen LogP contribution is 2.23. The van der Waals surface area contributed by atoms with Gasteiger partial charge >= 0.3 is 0 Å². The number of aromatic nitrogens is 1. The molecule has 0 spiro atoms. The fourth-order valence-electron chi connectivity index (χ4n) is 2.72. The standard InChI is InChI=1S/C17H29N5O2S.HI/c1-6-18-16(22-9-10-25(23,24)17(2,3)13-22)20-12-14-7-8-19-15(11-14)21(4)5;/h7-8,11H,6,9-10,12-13H2,1-5H3,(H,18,20);1H. The van der Waals surface area contributed by atoms with Crippen LogP contribution in [-0.2, 0) is 16.4 Å². The lowest BCUT2D eigenvalue weighted by atomic mass is 10.2. The van der Waals surface area contributed by atoms with E-state index in [1.807, 2.05) is 43.0 Å². The van der Waals surface area contributed by atoms with Crippen molar-refractivity contribution >= 4 is 45.6 Å². The molecule has 1 N–H and O–H groups in total. The van der Waals surface area contributed by atoms with E-state index in [0.29, 0.717) is 19.6 Å². The highest BCUT2D eigenvalue weighted by Gasteiger charge is 2.40. The van der Waals surface area contributed by atoms with Crippen molar-refractivity contribution in [2.45, 2.75) is 32.1 Å². The molecule has 148 valence electrons. The predicted octanol–water partition coefficient (Wildman–Crippen LogP) is 1.74. The number of hydrogen-bond acceptors (Lipinski definition) is 5. The van der Waals surface area contributed by atoms with Crippen LogP contribution >= 0.6 is 24.0 Å². The summed E-state index contributed by atoms with van der Waals surface area (Å²) in [6.45, 7) is 7.75. The van der Waals surface area contributed by atoms with Crippen molar-refractivity contribution in [3.8, 4) is 0 Å². The Hall–Kier alpha value is -1.10. The van der Waals surface area contributed by atoms with Crippen LogP contribution < -0.4 is 10.2 Å². The summed E-state index contributed by atoms with van der Waals surface area (Å²) in [7, 11) is 0.845. The van der Waals surface area contributed by atoms with Crippen molar-refractivity contribution in [3.05, 3.63) is 23.9 Å². The van der Waals surface area contributed by atoms with Crippen LogP contribution in [0, 0.1) is 0 Å². The van der Waals surface area contributed by atoms with Crippen LogP contribution in [0.1, 0.15) is 26.3 Å². The maximum absolute atomic E-state index is 12.2. The fourth-order valence-corrected chi connectivity index (χ4v) is 4.09. The first-order valence-electron chi connectivity index (χ1n) is 8.54. The normalized spacial score (nSPS) is 18.8. The van der Waals surface area contributed by atoms with Crippen LogP contribution in [-0.4, -0.2) is 68.5 Å². The van der Waals surface area contributed by atoms with Crippen LogP contribution in [0.15, 0.2) is 23.3 Å². The van der Waals surface area contributed by atoms with Crippen molar-refractivity contribution in [1.29, 1.82) is 0 Å². The number of halogens is 1. The summed E-state index contributed by atoms with van der Waals surface area (Å²) in [5.74, 6) is 1.81. The Balaban J connectivity index is 0.00000338. The van der Waals surface area contributed by atoms with E-state index in [-0.39, 0.29) is 29.7 Å². The maximum atomic E-state index is 12.2. The summed E-state index contributed by atoms with van der Waals surface area (Å²) >= 11 is 0. The van der Waals surface area contributed by atoms with Gasteiger partial charge in [0.15, 0.2) is 15.8 Å². The fraction of sp³-hybridized carbons (Fsp3) is 0.647. The Morgan fingerprint density at radius 2 is 2.12 bits per heavy atom. The van der Waals surface area contributed by atoms with Gasteiger partial charge in [0, 0.05) is 39.9 Å². The van der Waals surface area contributed by atoms with E-state index in [0.717, 1.165) is 23.9 Å². The zero-order chi connectivity index (χ0) is 18.7. The number of nitrogens with zero attached hydrogens (tertiary/aromatic N) is 4. The number of guanidine groups is 1. The number of pyridine rings is 1. The summed E-state index contributed by atoms with van der Waals surface area (Å²) in [4.78, 5) is 13.0. The first-order valence-corrected chi connectivity index (χ1v) is 10.2. The maximum Gasteiger partial charge on any atom is 0.194 e. The zero-order valence-electron chi connectivity index (χ0n) is 16.2. The topological polar surface area (TPSA) is 77.9 Å². The molecule has 0 bridgehead atoms. The Morgan fingerprint density at radius 1 is 1.42 bits per heavy atom. The van der Waals surface area contributed by atoms with Gasteiger partial charge < -0.3 is 15.1 Å². The summed E-state index contributed by atoms with van der Waals surface area (Å²) in [6, 6.07) is 3.96. The average Bonchev–Trinajstić information content (AvgIpc) is 2.54. The number of anilines is 1. The van der Waals surface area contributed by atoms with Crippen molar-refractivity contribution in [3.63, 3.8) is 0 Å². The van der Waals surface area contributed by atoms with Gasteiger partial charge in [-0.1, -0.05) is 0 Å². The number of nitrogens with one attached hydrogen (secondary N) is 1. The molecular weight excluding hydrogens is 465 g/mol. The first-order chi connectivity index (χ1) is 11.7. The monoisotopic (exact) mass is 495 g/mol. The lowest BCUT2D eigenvalue weighted by Gasteiger charge is -2.39. The third-order valence-corrected chi connectivity index (χ3v) is 6.89. The average molecular weight is 495 g/mol. The van der Waals surface area contributed by atoms with Crippen LogP contribution in [0.4, 0.5) is 5.82 Å². The molecule has 0 radical (unpaired) electrons. The van der Waals surface area contributed by atoms with E-state index in [1.54, 1.807) is 20.0 Å². The molecule has 0 aliphatic carbocycles. The molecule has 7 nitrogen and oxygen atoms in total. The van der Waals surface area contributed by atoms with Gasteiger partial charge in [-0.3, -0.25) is 0 Å². The van der Waals surface area contributed by atoms with Gasteiger partial charge in [-0.25, -0.2) is 18.4 Å². The minimum atomic E-state index is -3.06. The Morgan fingerprint density at radius 3 is 2.69 bits per heavy atom. The molecule has 0 unspecified atom stereocenters. The Labute approximate surface area is 174 Å². The van der Waals surface area contributed by atoms with Crippen molar-refractivity contribution in [2.24, 2.45) is 4.99 Å². The lowest BCUT2D eigenvalue weighted by Crippen LogP contribution is -2.57. The highest BCUT2D eigenvalue weighted by molar-refractivity contribution is 14.0. The molecule has 1 fully saturated rings. The van der Waals surface area contributed by atoms with Crippen LogP contribution in [0.25, 0.3) is 0 Å². The van der Waals surface area contributed by atoms with Gasteiger partial charge in [0.2, 0.25) is 0 Å². The number of rotatable bonds is 4. The van der Waals surface area contributed by atoms with Gasteiger partial charge in [-0.05, 0) is 38.5 Å². The smallest absolute Gasteiger partial charge is 0.194 e. The largest absolute Gasteiger partial charge is 0.363 e. The molecular formula is C17H30IN5O2S. The number of sulfone groups is 1. The van der Waals surface area contributed by atoms with E-state index in [1.165, 1.54) is 0 Å². The number of hydrogen-bond donors (Lipinski definition) is 1. The lowest BCUT2D eigenvalue weighted by molar-refractivity contribution is 0.353. The molecule has 1 aromatic heterocycles. The van der Waals surface area contributed by atoms with E-state index in [9.17, 15) is 8.42 Å². The van der Waals surface area contributed by atoms with Gasteiger partial charge in [-0.15, -0.1) is 24.0 Å². The Kier molecular flexibility index (Phi) is 8.12. The van der Waals surface area contributed by atoms with Gasteiger partial charge in [0.1, 0.15) is 5.82 Å². The van der Waals surface area contributed by atoms with Crippen molar-refractivity contribution in [1.82, 2.24) is 15.2 Å². The molecule has 0 aromatic carbocycles. The van der Waals surface area contributed by atoms with Crippen molar-refractivity contribution < 1.29 is 8.42 Å². The summed E-state index contributed by atoms with van der Waals surface area (Å²) in [6.07, 6.45) is 1.78. The van der Waals surface area contributed by atoms with E-state index in [2.05, 4.69) is 10.3 Å². The molecule has 9 heteroatoms. The summed E-state index contributed by atoms with van der Waals surface area (Å²) in [5, 5.41) is 3.28. The minimum absolute atomic E-state index is 0. The van der Waals surface area contributed by atoms with E-state index >= 15 is 0 Å². The molecule has 2 heterocycles. The highest BCUT2D eigenvalue weighted by atomic mass is 127. The summed E-state index contributed by atoms with van der Waals surface area (Å²) < 4.78 is 23.7. The van der Waals surface area contributed by atoms with Crippen molar-refractivity contribution in [2.75, 3.05) is 44.4 Å². The second-order valence-corrected chi connectivity index (χ2v) is 9.83. The minimum Gasteiger partial charge on any atom is -0.363 e. The molecule has 1 aliphatic rings. The van der Waals surface area contributed by atoms with Crippen LogP contribution in [0.5, 0.6) is 0 Å².